The van der Waals surface area contributed by atoms with Gasteiger partial charge in [-0.05, 0) is 36.4 Å². The Balaban J connectivity index is 1.98. The molecule has 5 nitrogen and oxygen atoms in total. The third kappa shape index (κ3) is 2.32. The molecule has 0 atom stereocenters. The van der Waals surface area contributed by atoms with Gasteiger partial charge in [-0.15, -0.1) is 0 Å². The van der Waals surface area contributed by atoms with Crippen LogP contribution in [0.25, 0.3) is 26.4 Å². The highest BCUT2D eigenvalue weighted by Crippen LogP contribution is 2.33. The molecule has 0 radical (unpaired) electrons. The first kappa shape index (κ1) is 14.7. The summed E-state index contributed by atoms with van der Waals surface area (Å²) in [7, 11) is 1.61. The number of rotatable bonds is 4. The molecule has 0 saturated carbocycles. The molecule has 4 aromatic rings. The highest BCUT2D eigenvalue weighted by Gasteiger charge is 2.20. The fourth-order valence-electron chi connectivity index (χ4n) is 2.86. The number of hydrogen-bond acceptors (Lipinski definition) is 4. The largest absolute Gasteiger partial charge is 0.497 e. The molecular weight excluding hydrogens is 324 g/mol. The summed E-state index contributed by atoms with van der Waals surface area (Å²) in [5, 5.41) is 9.35. The number of hydrogen-bond donors (Lipinski definition) is 1. The molecular formula is C18H14N2O3S. The van der Waals surface area contributed by atoms with Gasteiger partial charge in [-0.3, -0.25) is 9.20 Å². The highest BCUT2D eigenvalue weighted by molar-refractivity contribution is 7.23. The van der Waals surface area contributed by atoms with E-state index in [4.69, 9.17) is 9.72 Å². The first-order chi connectivity index (χ1) is 11.7. The third-order valence-electron chi connectivity index (χ3n) is 3.93. The Bertz CT molecular complexity index is 1050. The van der Waals surface area contributed by atoms with Crippen LogP contribution in [0.2, 0.25) is 0 Å². The molecule has 120 valence electrons. The fourth-order valence-corrected chi connectivity index (χ4v) is 3.91. The summed E-state index contributed by atoms with van der Waals surface area (Å²) in [5.41, 5.74) is 3.27. The lowest BCUT2D eigenvalue weighted by molar-refractivity contribution is -0.136. The van der Waals surface area contributed by atoms with Gasteiger partial charge in [0.1, 0.15) is 5.75 Å². The third-order valence-corrected chi connectivity index (χ3v) is 4.95. The number of methoxy groups -OCH3 is 1. The van der Waals surface area contributed by atoms with Crippen molar-refractivity contribution in [3.8, 4) is 17.0 Å². The van der Waals surface area contributed by atoms with Gasteiger partial charge in [0.05, 0.1) is 35.1 Å². The maximum Gasteiger partial charge on any atom is 0.309 e. The number of carboxylic acid groups (broad SMARTS) is 1. The Morgan fingerprint density at radius 2 is 1.96 bits per heavy atom. The quantitative estimate of drug-likeness (QED) is 0.614. The number of fused-ring (bicyclic) bond motifs is 3. The Kier molecular flexibility index (Phi) is 3.46. The van der Waals surface area contributed by atoms with Gasteiger partial charge >= 0.3 is 5.97 Å². The number of benzene rings is 2. The molecule has 0 saturated heterocycles. The second-order valence-corrected chi connectivity index (χ2v) is 6.40. The maximum atomic E-state index is 11.4. The van der Waals surface area contributed by atoms with Crippen LogP contribution in [-0.2, 0) is 11.2 Å². The number of aromatic nitrogens is 2. The first-order valence-electron chi connectivity index (χ1n) is 7.42. The Labute approximate surface area is 141 Å². The zero-order chi connectivity index (χ0) is 16.7. The van der Waals surface area contributed by atoms with Gasteiger partial charge in [-0.1, -0.05) is 23.5 Å². The minimum absolute atomic E-state index is 0.0801. The molecule has 0 amide bonds. The number of nitrogens with zero attached hydrogens (tertiary/aromatic N) is 2. The van der Waals surface area contributed by atoms with Gasteiger partial charge in [0.2, 0.25) is 0 Å². The molecule has 0 spiro atoms. The van der Waals surface area contributed by atoms with Gasteiger partial charge in [-0.25, -0.2) is 4.98 Å². The van der Waals surface area contributed by atoms with E-state index in [0.29, 0.717) is 11.4 Å². The molecule has 2 heterocycles. The molecule has 24 heavy (non-hydrogen) atoms. The normalized spacial score (nSPS) is 11.2. The van der Waals surface area contributed by atoms with E-state index < -0.39 is 5.97 Å². The van der Waals surface area contributed by atoms with Gasteiger partial charge in [0.15, 0.2) is 4.96 Å². The molecule has 4 rings (SSSR count). The van der Waals surface area contributed by atoms with Crippen LogP contribution in [0.4, 0.5) is 0 Å². The van der Waals surface area contributed by atoms with E-state index in [2.05, 4.69) is 0 Å². The number of aliphatic carboxylic acids is 1. The molecule has 0 aliphatic carbocycles. The number of ether oxygens (including phenoxy) is 1. The summed E-state index contributed by atoms with van der Waals surface area (Å²) in [6.45, 7) is 0. The standard InChI is InChI=1S/C18H14N2O3S/c1-23-12-8-6-11(7-9-12)17-14(10-16(21)22)20-13-4-2-3-5-15(13)24-18(20)19-17/h2-9H,10H2,1H3,(H,21,22). The summed E-state index contributed by atoms with van der Waals surface area (Å²) in [4.78, 5) is 16.9. The van der Waals surface area contributed by atoms with E-state index in [-0.39, 0.29) is 6.42 Å². The van der Waals surface area contributed by atoms with E-state index in [1.165, 1.54) is 0 Å². The fraction of sp³-hybridized carbons (Fsp3) is 0.111. The van der Waals surface area contributed by atoms with E-state index in [1.807, 2.05) is 52.9 Å². The summed E-state index contributed by atoms with van der Waals surface area (Å²) in [5.74, 6) is -0.119. The van der Waals surface area contributed by atoms with Crippen molar-refractivity contribution in [3.05, 3.63) is 54.2 Å². The van der Waals surface area contributed by atoms with Crippen molar-refractivity contribution in [1.29, 1.82) is 0 Å². The monoisotopic (exact) mass is 338 g/mol. The predicted octanol–water partition coefficient (Wildman–Crippen LogP) is 3.85. The SMILES string of the molecule is COc1ccc(-c2nc3sc4ccccc4n3c2CC(=O)O)cc1. The van der Waals surface area contributed by atoms with Crippen molar-refractivity contribution in [2.24, 2.45) is 0 Å². The van der Waals surface area contributed by atoms with Crippen LogP contribution in [0, 0.1) is 0 Å². The average Bonchev–Trinajstić information content (AvgIpc) is 3.11. The Morgan fingerprint density at radius 3 is 2.67 bits per heavy atom. The molecule has 0 aliphatic rings. The van der Waals surface area contributed by atoms with Crippen molar-refractivity contribution < 1.29 is 14.6 Å². The lowest BCUT2D eigenvalue weighted by atomic mass is 10.1. The number of para-hydroxylation sites is 1. The second-order valence-electron chi connectivity index (χ2n) is 5.39. The average molecular weight is 338 g/mol. The summed E-state index contributed by atoms with van der Waals surface area (Å²) in [6, 6.07) is 15.4. The molecule has 0 fully saturated rings. The van der Waals surface area contributed by atoms with Gasteiger partial charge in [-0.2, -0.15) is 0 Å². The molecule has 6 heteroatoms. The molecule has 2 aromatic carbocycles. The van der Waals surface area contributed by atoms with Crippen molar-refractivity contribution >= 4 is 32.5 Å². The molecule has 0 bridgehead atoms. The summed E-state index contributed by atoms with van der Waals surface area (Å²) >= 11 is 1.56. The lowest BCUT2D eigenvalue weighted by Gasteiger charge is -2.04. The van der Waals surface area contributed by atoms with Crippen LogP contribution in [0.3, 0.4) is 0 Å². The van der Waals surface area contributed by atoms with Crippen molar-refractivity contribution in [2.45, 2.75) is 6.42 Å². The molecule has 0 aliphatic heterocycles. The molecule has 1 N–H and O–H groups in total. The van der Waals surface area contributed by atoms with Crippen LogP contribution < -0.4 is 4.74 Å². The highest BCUT2D eigenvalue weighted by atomic mass is 32.1. The lowest BCUT2D eigenvalue weighted by Crippen LogP contribution is -2.04. The van der Waals surface area contributed by atoms with Crippen LogP contribution in [0.1, 0.15) is 5.69 Å². The van der Waals surface area contributed by atoms with Crippen molar-refractivity contribution in [2.75, 3.05) is 7.11 Å². The van der Waals surface area contributed by atoms with Crippen LogP contribution in [0.5, 0.6) is 5.75 Å². The smallest absolute Gasteiger partial charge is 0.309 e. The van der Waals surface area contributed by atoms with Crippen LogP contribution in [0.15, 0.2) is 48.5 Å². The summed E-state index contributed by atoms with van der Waals surface area (Å²) in [6.07, 6.45) is -0.0801. The minimum Gasteiger partial charge on any atom is -0.497 e. The number of carbonyl (C=O) groups is 1. The van der Waals surface area contributed by atoms with Crippen LogP contribution in [-0.4, -0.2) is 27.6 Å². The van der Waals surface area contributed by atoms with Crippen molar-refractivity contribution in [1.82, 2.24) is 9.38 Å². The maximum absolute atomic E-state index is 11.4. The Hall–Kier alpha value is -2.86. The van der Waals surface area contributed by atoms with E-state index in [9.17, 15) is 9.90 Å². The topological polar surface area (TPSA) is 63.8 Å². The minimum atomic E-state index is -0.873. The zero-order valence-electron chi connectivity index (χ0n) is 12.9. The molecule has 0 unspecified atom stereocenters. The first-order valence-corrected chi connectivity index (χ1v) is 8.24. The Morgan fingerprint density at radius 1 is 1.21 bits per heavy atom. The van der Waals surface area contributed by atoms with Gasteiger partial charge in [0.25, 0.3) is 0 Å². The van der Waals surface area contributed by atoms with Crippen molar-refractivity contribution in [3.63, 3.8) is 0 Å². The summed E-state index contributed by atoms with van der Waals surface area (Å²) < 4.78 is 8.23. The van der Waals surface area contributed by atoms with E-state index >= 15 is 0 Å². The number of carboxylic acids is 1. The van der Waals surface area contributed by atoms with Crippen LogP contribution >= 0.6 is 11.3 Å². The zero-order valence-corrected chi connectivity index (χ0v) is 13.7. The second kappa shape index (κ2) is 5.65. The van der Waals surface area contributed by atoms with Gasteiger partial charge in [0, 0.05) is 5.56 Å². The number of imidazole rings is 1. The van der Waals surface area contributed by atoms with E-state index in [1.54, 1.807) is 18.4 Å². The molecule has 2 aromatic heterocycles. The van der Waals surface area contributed by atoms with E-state index in [0.717, 1.165) is 26.5 Å². The predicted molar refractivity (Wildman–Crippen MR) is 93.9 cm³/mol. The number of thiazole rings is 1. The van der Waals surface area contributed by atoms with Gasteiger partial charge < -0.3 is 9.84 Å².